The smallest absolute Gasteiger partial charge is 0.175 e. The van der Waals surface area contributed by atoms with E-state index in [0.717, 1.165) is 16.0 Å². The lowest BCUT2D eigenvalue weighted by Crippen LogP contribution is -2.17. The van der Waals surface area contributed by atoms with Gasteiger partial charge in [-0.2, -0.15) is 5.10 Å². The number of aryl methyl sites for hydroxylation is 1. The lowest BCUT2D eigenvalue weighted by atomic mass is 9.91. The van der Waals surface area contributed by atoms with Gasteiger partial charge < -0.3 is 4.74 Å². The van der Waals surface area contributed by atoms with Gasteiger partial charge in [-0.1, -0.05) is 20.8 Å². The zero-order valence-corrected chi connectivity index (χ0v) is 10.3. The Kier molecular flexibility index (Phi) is 2.71. The van der Waals surface area contributed by atoms with E-state index in [0.29, 0.717) is 0 Å². The number of halogens is 1. The zero-order valence-electron chi connectivity index (χ0n) is 8.68. The van der Waals surface area contributed by atoms with E-state index in [9.17, 15) is 0 Å². The molecule has 0 saturated heterocycles. The van der Waals surface area contributed by atoms with Crippen molar-refractivity contribution < 1.29 is 4.74 Å². The van der Waals surface area contributed by atoms with Gasteiger partial charge in [0.25, 0.3) is 0 Å². The summed E-state index contributed by atoms with van der Waals surface area (Å²) in [7, 11) is 3.59. The van der Waals surface area contributed by atoms with Crippen LogP contribution in [0.25, 0.3) is 0 Å². The highest BCUT2D eigenvalue weighted by Crippen LogP contribution is 2.35. The first kappa shape index (κ1) is 10.6. The number of hydrogen-bond acceptors (Lipinski definition) is 2. The van der Waals surface area contributed by atoms with Crippen molar-refractivity contribution in [2.75, 3.05) is 7.11 Å². The summed E-state index contributed by atoms with van der Waals surface area (Å²) in [5, 5.41) is 4.26. The minimum atomic E-state index is 0.0408. The van der Waals surface area contributed by atoms with Gasteiger partial charge in [0.1, 0.15) is 0 Å². The largest absolute Gasteiger partial charge is 0.492 e. The molecule has 3 nitrogen and oxygen atoms in total. The third-order valence-corrected chi connectivity index (χ3v) is 2.40. The molecule has 1 aromatic heterocycles. The topological polar surface area (TPSA) is 27.1 Å². The maximum Gasteiger partial charge on any atom is 0.175 e. The Bertz CT molecular complexity index is 312. The molecular formula is C9H15BrN2O. The van der Waals surface area contributed by atoms with Crippen molar-refractivity contribution in [3.8, 4) is 5.75 Å². The van der Waals surface area contributed by atoms with E-state index in [2.05, 4.69) is 41.8 Å². The minimum Gasteiger partial charge on any atom is -0.492 e. The van der Waals surface area contributed by atoms with E-state index in [-0.39, 0.29) is 5.41 Å². The lowest BCUT2D eigenvalue weighted by Gasteiger charge is -2.19. The average Bonchev–Trinajstić information content (AvgIpc) is 2.23. The van der Waals surface area contributed by atoms with Crippen LogP contribution < -0.4 is 4.74 Å². The highest BCUT2D eigenvalue weighted by Gasteiger charge is 2.25. The van der Waals surface area contributed by atoms with Gasteiger partial charge in [0.05, 0.1) is 12.8 Å². The van der Waals surface area contributed by atoms with Crippen LogP contribution in [0.15, 0.2) is 4.60 Å². The second kappa shape index (κ2) is 3.33. The van der Waals surface area contributed by atoms with Crippen molar-refractivity contribution in [1.82, 2.24) is 9.78 Å². The fourth-order valence-electron chi connectivity index (χ4n) is 1.48. The Morgan fingerprint density at radius 3 is 2.23 bits per heavy atom. The molecule has 4 heteroatoms. The van der Waals surface area contributed by atoms with E-state index in [1.54, 1.807) is 7.11 Å². The second-order valence-corrected chi connectivity index (χ2v) is 4.80. The van der Waals surface area contributed by atoms with Crippen LogP contribution in [0.5, 0.6) is 5.75 Å². The monoisotopic (exact) mass is 246 g/mol. The Morgan fingerprint density at radius 1 is 1.38 bits per heavy atom. The molecular weight excluding hydrogens is 232 g/mol. The fraction of sp³-hybridized carbons (Fsp3) is 0.667. The van der Waals surface area contributed by atoms with E-state index in [4.69, 9.17) is 4.74 Å². The van der Waals surface area contributed by atoms with Crippen LogP contribution in [0.1, 0.15) is 26.5 Å². The maximum absolute atomic E-state index is 5.29. The lowest BCUT2D eigenvalue weighted by molar-refractivity contribution is 0.390. The van der Waals surface area contributed by atoms with E-state index in [1.165, 1.54) is 0 Å². The number of rotatable bonds is 1. The van der Waals surface area contributed by atoms with Crippen molar-refractivity contribution in [2.45, 2.75) is 26.2 Å². The minimum absolute atomic E-state index is 0.0408. The van der Waals surface area contributed by atoms with Crippen LogP contribution in [-0.4, -0.2) is 16.9 Å². The predicted octanol–water partition coefficient (Wildman–Crippen LogP) is 2.49. The molecule has 0 aliphatic rings. The Balaban J connectivity index is 3.34. The first-order valence-electron chi connectivity index (χ1n) is 4.15. The molecule has 0 amide bonds. The molecule has 13 heavy (non-hydrogen) atoms. The molecule has 0 aliphatic heterocycles. The summed E-state index contributed by atoms with van der Waals surface area (Å²) in [5.41, 5.74) is 1.14. The Hall–Kier alpha value is -0.510. The summed E-state index contributed by atoms with van der Waals surface area (Å²) >= 11 is 3.36. The zero-order chi connectivity index (χ0) is 10.2. The number of nitrogens with zero attached hydrogens (tertiary/aromatic N) is 2. The summed E-state index contributed by atoms with van der Waals surface area (Å²) in [4.78, 5) is 0. The van der Waals surface area contributed by atoms with Crippen molar-refractivity contribution in [3.05, 3.63) is 10.3 Å². The summed E-state index contributed by atoms with van der Waals surface area (Å²) in [5.74, 6) is 0.829. The van der Waals surface area contributed by atoms with Crippen molar-refractivity contribution in [3.63, 3.8) is 0 Å². The van der Waals surface area contributed by atoms with Gasteiger partial charge in [0.2, 0.25) is 0 Å². The van der Waals surface area contributed by atoms with Gasteiger partial charge in [-0.05, 0) is 15.9 Å². The van der Waals surface area contributed by atoms with E-state index >= 15 is 0 Å². The molecule has 1 aromatic rings. The molecule has 0 N–H and O–H groups in total. The third kappa shape index (κ3) is 1.88. The van der Waals surface area contributed by atoms with Crippen molar-refractivity contribution in [1.29, 1.82) is 0 Å². The van der Waals surface area contributed by atoms with Crippen molar-refractivity contribution in [2.24, 2.45) is 7.05 Å². The molecule has 0 unspecified atom stereocenters. The third-order valence-electron chi connectivity index (χ3n) is 1.88. The Labute approximate surface area is 87.2 Å². The SMILES string of the molecule is COc1c(Br)nn(C)c1C(C)(C)C. The number of ether oxygens (including phenoxy) is 1. The summed E-state index contributed by atoms with van der Waals surface area (Å²) < 4.78 is 7.91. The molecule has 1 heterocycles. The van der Waals surface area contributed by atoms with Crippen LogP contribution >= 0.6 is 15.9 Å². The standard InChI is InChI=1S/C9H15BrN2O/c1-9(2,3)7-6(13-5)8(10)11-12(7)4/h1-5H3. The summed E-state index contributed by atoms with van der Waals surface area (Å²) in [6.07, 6.45) is 0. The van der Waals surface area contributed by atoms with Gasteiger partial charge in [-0.25, -0.2) is 0 Å². The van der Waals surface area contributed by atoms with Gasteiger partial charge in [-0.3, -0.25) is 4.68 Å². The number of methoxy groups -OCH3 is 1. The average molecular weight is 247 g/mol. The number of hydrogen-bond donors (Lipinski definition) is 0. The van der Waals surface area contributed by atoms with E-state index < -0.39 is 0 Å². The molecule has 0 aliphatic carbocycles. The van der Waals surface area contributed by atoms with Crippen LogP contribution in [0.3, 0.4) is 0 Å². The molecule has 0 atom stereocenters. The van der Waals surface area contributed by atoms with Gasteiger partial charge in [-0.15, -0.1) is 0 Å². The second-order valence-electron chi connectivity index (χ2n) is 4.05. The van der Waals surface area contributed by atoms with Crippen molar-refractivity contribution >= 4 is 15.9 Å². The summed E-state index contributed by atoms with van der Waals surface area (Å²) in [6, 6.07) is 0. The molecule has 0 radical (unpaired) electrons. The fourth-order valence-corrected chi connectivity index (χ4v) is 2.07. The normalized spacial score (nSPS) is 11.8. The Morgan fingerprint density at radius 2 is 1.92 bits per heavy atom. The molecule has 1 rings (SSSR count). The highest BCUT2D eigenvalue weighted by molar-refractivity contribution is 9.10. The number of aromatic nitrogens is 2. The highest BCUT2D eigenvalue weighted by atomic mass is 79.9. The van der Waals surface area contributed by atoms with Crippen LogP contribution in [0, 0.1) is 0 Å². The van der Waals surface area contributed by atoms with Crippen LogP contribution in [0.4, 0.5) is 0 Å². The van der Waals surface area contributed by atoms with E-state index in [1.807, 2.05) is 11.7 Å². The first-order chi connectivity index (χ1) is 5.88. The van der Waals surface area contributed by atoms with Crippen LogP contribution in [0.2, 0.25) is 0 Å². The molecule has 0 aromatic carbocycles. The maximum atomic E-state index is 5.29. The van der Waals surface area contributed by atoms with Gasteiger partial charge in [0.15, 0.2) is 10.4 Å². The molecule has 0 spiro atoms. The predicted molar refractivity (Wildman–Crippen MR) is 56.2 cm³/mol. The molecule has 0 saturated carbocycles. The van der Waals surface area contributed by atoms with Crippen LogP contribution in [-0.2, 0) is 12.5 Å². The van der Waals surface area contributed by atoms with Gasteiger partial charge >= 0.3 is 0 Å². The first-order valence-corrected chi connectivity index (χ1v) is 4.94. The summed E-state index contributed by atoms with van der Waals surface area (Å²) in [6.45, 7) is 6.41. The quantitative estimate of drug-likeness (QED) is 0.762. The van der Waals surface area contributed by atoms with Gasteiger partial charge in [0, 0.05) is 12.5 Å². The molecule has 74 valence electrons. The molecule has 0 bridgehead atoms. The molecule has 0 fully saturated rings.